The number of benzene rings is 1. The van der Waals surface area contributed by atoms with Gasteiger partial charge in [0.1, 0.15) is 11.5 Å². The molecule has 1 aromatic carbocycles. The van der Waals surface area contributed by atoms with Crippen LogP contribution in [-0.4, -0.2) is 20.8 Å². The van der Waals surface area contributed by atoms with Gasteiger partial charge in [0.25, 0.3) is 0 Å². The van der Waals surface area contributed by atoms with Gasteiger partial charge in [-0.2, -0.15) is 0 Å². The molecule has 1 N–H and O–H groups in total. The van der Waals surface area contributed by atoms with E-state index in [9.17, 15) is 0 Å². The van der Waals surface area contributed by atoms with Crippen LogP contribution < -0.4 is 14.8 Å². The smallest absolute Gasteiger partial charge is 0.123 e. The fraction of sp³-hybridized carbons (Fsp3) is 0.647. The molecular weight excluding hydrogens is 250 g/mol. The summed E-state index contributed by atoms with van der Waals surface area (Å²) in [5.41, 5.74) is 1.52. The van der Waals surface area contributed by atoms with Crippen LogP contribution >= 0.6 is 0 Å². The van der Waals surface area contributed by atoms with Gasteiger partial charge in [0, 0.05) is 11.6 Å². The molecule has 0 aromatic heterocycles. The van der Waals surface area contributed by atoms with Crippen molar-refractivity contribution in [3.05, 3.63) is 23.8 Å². The summed E-state index contributed by atoms with van der Waals surface area (Å²) in [5, 5.41) is 3.67. The number of nitrogens with one attached hydrogen (secondary N) is 1. The molecule has 1 saturated carbocycles. The zero-order chi connectivity index (χ0) is 14.6. The molecule has 20 heavy (non-hydrogen) atoms. The first-order valence-electron chi connectivity index (χ1n) is 7.60. The van der Waals surface area contributed by atoms with Gasteiger partial charge in [0.15, 0.2) is 0 Å². The van der Waals surface area contributed by atoms with E-state index in [1.54, 1.807) is 14.2 Å². The molecule has 0 amide bonds. The van der Waals surface area contributed by atoms with Crippen LogP contribution in [0, 0.1) is 5.41 Å². The highest BCUT2D eigenvalue weighted by molar-refractivity contribution is 5.43. The molecule has 1 aliphatic carbocycles. The first kappa shape index (κ1) is 15.2. The van der Waals surface area contributed by atoms with Gasteiger partial charge in [0.05, 0.1) is 14.2 Å². The highest BCUT2D eigenvalue weighted by atomic mass is 16.5. The second-order valence-electron chi connectivity index (χ2n) is 5.96. The summed E-state index contributed by atoms with van der Waals surface area (Å²) < 4.78 is 11.0. The Kier molecular flexibility index (Phi) is 4.92. The summed E-state index contributed by atoms with van der Waals surface area (Å²) >= 11 is 0. The Labute approximate surface area is 122 Å². The van der Waals surface area contributed by atoms with E-state index in [0.717, 1.165) is 18.0 Å². The molecule has 0 bridgehead atoms. The van der Waals surface area contributed by atoms with E-state index in [1.165, 1.54) is 31.2 Å². The van der Waals surface area contributed by atoms with Crippen molar-refractivity contribution in [1.29, 1.82) is 0 Å². The first-order valence-corrected chi connectivity index (χ1v) is 7.60. The number of hydrogen-bond acceptors (Lipinski definition) is 3. The van der Waals surface area contributed by atoms with Gasteiger partial charge in [0.2, 0.25) is 0 Å². The summed E-state index contributed by atoms with van der Waals surface area (Å²) in [6.45, 7) is 5.52. The molecule has 0 radical (unpaired) electrons. The molecule has 0 spiro atoms. The maximum absolute atomic E-state index is 5.58. The SMILES string of the molecule is CCNC(c1cc(OC)ccc1OC)C1(C)CCCC1. The highest BCUT2D eigenvalue weighted by Gasteiger charge is 2.38. The maximum Gasteiger partial charge on any atom is 0.123 e. The second-order valence-corrected chi connectivity index (χ2v) is 5.96. The third-order valence-corrected chi connectivity index (χ3v) is 4.60. The van der Waals surface area contributed by atoms with Crippen LogP contribution in [0.2, 0.25) is 0 Å². The number of ether oxygens (including phenoxy) is 2. The van der Waals surface area contributed by atoms with Crippen molar-refractivity contribution in [2.45, 2.75) is 45.6 Å². The molecule has 1 unspecified atom stereocenters. The van der Waals surface area contributed by atoms with E-state index >= 15 is 0 Å². The Balaban J connectivity index is 2.42. The molecular formula is C17H27NO2. The van der Waals surface area contributed by atoms with E-state index in [2.05, 4.69) is 25.2 Å². The average molecular weight is 277 g/mol. The fourth-order valence-corrected chi connectivity index (χ4v) is 3.47. The normalized spacial score (nSPS) is 18.8. The molecule has 0 aliphatic heterocycles. The van der Waals surface area contributed by atoms with Crippen LogP contribution in [0.1, 0.15) is 51.1 Å². The van der Waals surface area contributed by atoms with E-state index in [-0.39, 0.29) is 0 Å². The van der Waals surface area contributed by atoms with E-state index < -0.39 is 0 Å². The minimum Gasteiger partial charge on any atom is -0.497 e. The topological polar surface area (TPSA) is 30.5 Å². The van der Waals surface area contributed by atoms with Crippen LogP contribution in [0.3, 0.4) is 0 Å². The van der Waals surface area contributed by atoms with Crippen LogP contribution in [0.25, 0.3) is 0 Å². The molecule has 1 atom stereocenters. The minimum atomic E-state index is 0.301. The van der Waals surface area contributed by atoms with Crippen molar-refractivity contribution in [2.24, 2.45) is 5.41 Å². The van der Waals surface area contributed by atoms with Crippen molar-refractivity contribution < 1.29 is 9.47 Å². The lowest BCUT2D eigenvalue weighted by atomic mass is 9.77. The third-order valence-electron chi connectivity index (χ3n) is 4.60. The van der Waals surface area contributed by atoms with Crippen LogP contribution in [-0.2, 0) is 0 Å². The molecule has 3 heteroatoms. The molecule has 0 heterocycles. The van der Waals surface area contributed by atoms with Crippen molar-refractivity contribution in [3.8, 4) is 11.5 Å². The number of methoxy groups -OCH3 is 2. The predicted octanol–water partition coefficient (Wildman–Crippen LogP) is 3.93. The Bertz CT molecular complexity index is 439. The van der Waals surface area contributed by atoms with E-state index in [1.807, 2.05) is 12.1 Å². The lowest BCUT2D eigenvalue weighted by Crippen LogP contribution is -2.34. The van der Waals surface area contributed by atoms with Gasteiger partial charge >= 0.3 is 0 Å². The Hall–Kier alpha value is -1.22. The third kappa shape index (κ3) is 2.93. The monoisotopic (exact) mass is 277 g/mol. The lowest BCUT2D eigenvalue weighted by molar-refractivity contribution is 0.220. The lowest BCUT2D eigenvalue weighted by Gasteiger charge is -2.36. The van der Waals surface area contributed by atoms with Crippen LogP contribution in [0.5, 0.6) is 11.5 Å². The predicted molar refractivity (Wildman–Crippen MR) is 82.5 cm³/mol. The zero-order valence-corrected chi connectivity index (χ0v) is 13.2. The quantitative estimate of drug-likeness (QED) is 0.854. The Morgan fingerprint density at radius 3 is 2.45 bits per heavy atom. The van der Waals surface area contributed by atoms with Crippen molar-refractivity contribution in [1.82, 2.24) is 5.32 Å². The van der Waals surface area contributed by atoms with Gasteiger partial charge in [-0.05, 0) is 43.0 Å². The maximum atomic E-state index is 5.58. The first-order chi connectivity index (χ1) is 9.64. The molecule has 112 valence electrons. The molecule has 1 aliphatic rings. The molecule has 1 aromatic rings. The van der Waals surface area contributed by atoms with Crippen molar-refractivity contribution in [3.63, 3.8) is 0 Å². The number of rotatable bonds is 6. The van der Waals surface area contributed by atoms with Crippen LogP contribution in [0.15, 0.2) is 18.2 Å². The zero-order valence-electron chi connectivity index (χ0n) is 13.2. The van der Waals surface area contributed by atoms with Crippen molar-refractivity contribution >= 4 is 0 Å². The van der Waals surface area contributed by atoms with Gasteiger partial charge in [-0.25, -0.2) is 0 Å². The summed E-state index contributed by atoms with van der Waals surface area (Å²) in [7, 11) is 3.45. The van der Waals surface area contributed by atoms with Gasteiger partial charge in [-0.3, -0.25) is 0 Å². The van der Waals surface area contributed by atoms with E-state index in [4.69, 9.17) is 9.47 Å². The van der Waals surface area contributed by atoms with E-state index in [0.29, 0.717) is 11.5 Å². The summed E-state index contributed by atoms with van der Waals surface area (Å²) in [6.07, 6.45) is 5.19. The van der Waals surface area contributed by atoms with Gasteiger partial charge in [-0.15, -0.1) is 0 Å². The standard InChI is InChI=1S/C17H27NO2/c1-5-18-16(17(2)10-6-7-11-17)14-12-13(19-3)8-9-15(14)20-4/h8-9,12,16,18H,5-7,10-11H2,1-4H3. The molecule has 1 fully saturated rings. The van der Waals surface area contributed by atoms with Gasteiger partial charge in [-0.1, -0.05) is 26.7 Å². The largest absolute Gasteiger partial charge is 0.497 e. The fourth-order valence-electron chi connectivity index (χ4n) is 3.47. The molecule has 0 saturated heterocycles. The molecule has 2 rings (SSSR count). The van der Waals surface area contributed by atoms with Gasteiger partial charge < -0.3 is 14.8 Å². The minimum absolute atomic E-state index is 0.301. The summed E-state index contributed by atoms with van der Waals surface area (Å²) in [4.78, 5) is 0. The summed E-state index contributed by atoms with van der Waals surface area (Å²) in [6, 6.07) is 6.41. The van der Waals surface area contributed by atoms with Crippen molar-refractivity contribution in [2.75, 3.05) is 20.8 Å². The second kappa shape index (κ2) is 6.49. The average Bonchev–Trinajstić information content (AvgIpc) is 2.91. The Morgan fingerprint density at radius 1 is 1.20 bits per heavy atom. The highest BCUT2D eigenvalue weighted by Crippen LogP contribution is 2.49. The Morgan fingerprint density at radius 2 is 1.90 bits per heavy atom. The summed E-state index contributed by atoms with van der Waals surface area (Å²) in [5.74, 6) is 1.84. The van der Waals surface area contributed by atoms with Crippen LogP contribution in [0.4, 0.5) is 0 Å². The number of hydrogen-bond donors (Lipinski definition) is 1. The molecule has 3 nitrogen and oxygen atoms in total.